The van der Waals surface area contributed by atoms with E-state index in [1.165, 1.54) is 6.26 Å². The van der Waals surface area contributed by atoms with Crippen molar-refractivity contribution in [2.24, 2.45) is 5.92 Å². The molecule has 1 unspecified atom stereocenters. The molecule has 0 radical (unpaired) electrons. The molecule has 1 fully saturated rings. The van der Waals surface area contributed by atoms with Gasteiger partial charge in [0.05, 0.1) is 24.0 Å². The molecule has 0 bridgehead atoms. The monoisotopic (exact) mass is 722 g/mol. The molecular weight excluding hydrogens is 684 g/mol. The maximum absolute atomic E-state index is 12.3. The second-order valence-corrected chi connectivity index (χ2v) is 16.1. The van der Waals surface area contributed by atoms with Crippen molar-refractivity contribution in [2.75, 3.05) is 19.3 Å². The van der Waals surface area contributed by atoms with Gasteiger partial charge < -0.3 is 4.57 Å². The predicted octanol–water partition coefficient (Wildman–Crippen LogP) is 9.14. The van der Waals surface area contributed by atoms with Crippen molar-refractivity contribution in [1.29, 1.82) is 0 Å². The second-order valence-electron chi connectivity index (χ2n) is 13.6. The summed E-state index contributed by atoms with van der Waals surface area (Å²) in [4.78, 5) is 9.96. The number of hydrogen-bond acceptors (Lipinski definition) is 4. The predicted molar refractivity (Wildman–Crippen MR) is 210 cm³/mol. The molecule has 3 heterocycles. The van der Waals surface area contributed by atoms with E-state index in [2.05, 4.69) is 114 Å². The highest BCUT2D eigenvalue weighted by atomic mass is 35.5. The quantitative estimate of drug-likeness (QED) is 0.147. The fourth-order valence-electron chi connectivity index (χ4n) is 8.18. The Bertz CT molecular complexity index is 2270. The lowest BCUT2D eigenvalue weighted by molar-refractivity contribution is 0.256. The summed E-state index contributed by atoms with van der Waals surface area (Å²) < 4.78 is 28.5. The number of rotatable bonds is 8. The van der Waals surface area contributed by atoms with Gasteiger partial charge in [0, 0.05) is 42.0 Å². The fourth-order valence-corrected chi connectivity index (χ4v) is 9.23. The molecule has 2 aliphatic rings. The first-order valence-electron chi connectivity index (χ1n) is 17.6. The van der Waals surface area contributed by atoms with Gasteiger partial charge in [-0.25, -0.2) is 17.7 Å². The summed E-state index contributed by atoms with van der Waals surface area (Å²) in [6, 6.07) is 42.0. The summed E-state index contributed by atoms with van der Waals surface area (Å²) in [6.45, 7) is 1.01. The van der Waals surface area contributed by atoms with E-state index in [4.69, 9.17) is 21.6 Å². The third-order valence-corrected chi connectivity index (χ3v) is 12.1. The largest absolute Gasteiger partial charge is 0.318 e. The van der Waals surface area contributed by atoms with Crippen LogP contribution in [0.25, 0.3) is 17.7 Å². The van der Waals surface area contributed by atoms with Crippen LogP contribution in [0.15, 0.2) is 146 Å². The van der Waals surface area contributed by atoms with Crippen molar-refractivity contribution >= 4 is 39.3 Å². The van der Waals surface area contributed by atoms with Gasteiger partial charge in [-0.05, 0) is 82.5 Å². The normalized spacial score (nSPS) is 17.0. The summed E-state index contributed by atoms with van der Waals surface area (Å²) in [6.07, 6.45) is 15.1. The number of piperidine rings is 1. The van der Waals surface area contributed by atoms with Gasteiger partial charge >= 0.3 is 0 Å². The SMILES string of the molecule is CS(=O)(=O)N1CCC(C2c3ccc(Cl)cc3C=C(/C=C/c3cn(C(c4ccccc4)(c4ccccc4)c4ccccc4)cn3)c3cccnc32)CC1. The van der Waals surface area contributed by atoms with Gasteiger partial charge in [0.1, 0.15) is 5.54 Å². The molecule has 6 aromatic rings. The summed E-state index contributed by atoms with van der Waals surface area (Å²) >= 11 is 6.61. The number of fused-ring (bicyclic) bond motifs is 2. The summed E-state index contributed by atoms with van der Waals surface area (Å²) in [7, 11) is -3.24. The number of allylic oxidation sites excluding steroid dienone is 2. The summed E-state index contributed by atoms with van der Waals surface area (Å²) in [5.74, 6) is 0.218. The van der Waals surface area contributed by atoms with Crippen LogP contribution in [0.4, 0.5) is 0 Å². The maximum atomic E-state index is 12.3. The minimum absolute atomic E-state index is 0.00484. The van der Waals surface area contributed by atoms with Crippen LogP contribution in [0.3, 0.4) is 0 Å². The van der Waals surface area contributed by atoms with Crippen molar-refractivity contribution in [3.63, 3.8) is 0 Å². The molecule has 4 aromatic carbocycles. The Hall–Kier alpha value is -5.08. The minimum atomic E-state index is -3.24. The minimum Gasteiger partial charge on any atom is -0.318 e. The molecule has 1 saturated heterocycles. The Balaban J connectivity index is 1.21. The van der Waals surface area contributed by atoms with Crippen LogP contribution in [-0.4, -0.2) is 46.6 Å². The van der Waals surface area contributed by atoms with Crippen LogP contribution in [-0.2, 0) is 15.6 Å². The molecule has 260 valence electrons. The molecule has 1 atom stereocenters. The van der Waals surface area contributed by atoms with Crippen molar-refractivity contribution in [3.8, 4) is 0 Å². The molecule has 0 amide bonds. The Morgan fingerprint density at radius 2 is 1.38 bits per heavy atom. The van der Waals surface area contributed by atoms with Crippen LogP contribution in [0, 0.1) is 5.92 Å². The highest BCUT2D eigenvalue weighted by molar-refractivity contribution is 7.88. The van der Waals surface area contributed by atoms with E-state index < -0.39 is 15.6 Å². The lowest BCUT2D eigenvalue weighted by Gasteiger charge is -2.37. The Kier molecular flexibility index (Phi) is 9.26. The van der Waals surface area contributed by atoms with Gasteiger partial charge in [-0.15, -0.1) is 0 Å². The van der Waals surface area contributed by atoms with E-state index >= 15 is 0 Å². The highest BCUT2D eigenvalue weighted by Crippen LogP contribution is 2.46. The maximum Gasteiger partial charge on any atom is 0.211 e. The topological polar surface area (TPSA) is 68.1 Å². The van der Waals surface area contributed by atoms with Crippen LogP contribution >= 0.6 is 11.6 Å². The first-order chi connectivity index (χ1) is 25.3. The van der Waals surface area contributed by atoms with Crippen molar-refractivity contribution in [2.45, 2.75) is 24.3 Å². The number of aromatic nitrogens is 3. The Labute approximate surface area is 310 Å². The molecular formula is C44H39ClN4O2S. The Morgan fingerprint density at radius 3 is 1.98 bits per heavy atom. The van der Waals surface area contributed by atoms with E-state index in [1.807, 2.05) is 48.9 Å². The van der Waals surface area contributed by atoms with Crippen molar-refractivity contribution in [1.82, 2.24) is 18.8 Å². The van der Waals surface area contributed by atoms with Gasteiger partial charge in [0.15, 0.2) is 0 Å². The van der Waals surface area contributed by atoms with Gasteiger partial charge in [-0.2, -0.15) is 0 Å². The van der Waals surface area contributed by atoms with Crippen LogP contribution in [0.1, 0.15) is 63.5 Å². The lowest BCUT2D eigenvalue weighted by atomic mass is 9.76. The molecule has 52 heavy (non-hydrogen) atoms. The number of benzene rings is 4. The number of hydrogen-bond donors (Lipinski definition) is 0. The van der Waals surface area contributed by atoms with Crippen LogP contribution < -0.4 is 0 Å². The Morgan fingerprint density at radius 1 is 0.769 bits per heavy atom. The van der Waals surface area contributed by atoms with E-state index in [0.717, 1.165) is 63.2 Å². The van der Waals surface area contributed by atoms with Gasteiger partial charge in [0.25, 0.3) is 0 Å². The van der Waals surface area contributed by atoms with E-state index in [1.54, 1.807) is 4.31 Å². The van der Waals surface area contributed by atoms with Gasteiger partial charge in [-0.1, -0.05) is 121 Å². The average Bonchev–Trinajstić information content (AvgIpc) is 3.60. The number of sulfonamides is 1. The van der Waals surface area contributed by atoms with E-state index in [9.17, 15) is 8.42 Å². The molecule has 6 nitrogen and oxygen atoms in total. The third kappa shape index (κ3) is 6.34. The molecule has 8 heteroatoms. The number of pyridine rings is 1. The van der Waals surface area contributed by atoms with Crippen LogP contribution in [0.5, 0.6) is 0 Å². The molecule has 1 aliphatic carbocycles. The summed E-state index contributed by atoms with van der Waals surface area (Å²) in [5.41, 5.74) is 8.83. The molecule has 8 rings (SSSR count). The van der Waals surface area contributed by atoms with Gasteiger partial charge in [-0.3, -0.25) is 4.98 Å². The number of imidazole rings is 1. The molecule has 0 spiro atoms. The summed E-state index contributed by atoms with van der Waals surface area (Å²) in [5, 5.41) is 0.667. The van der Waals surface area contributed by atoms with Crippen molar-refractivity contribution < 1.29 is 8.42 Å². The van der Waals surface area contributed by atoms with E-state index in [-0.39, 0.29) is 11.8 Å². The number of halogens is 1. The zero-order chi connectivity index (χ0) is 35.7. The molecule has 0 N–H and O–H groups in total. The second kappa shape index (κ2) is 14.2. The van der Waals surface area contributed by atoms with Crippen molar-refractivity contribution in [3.05, 3.63) is 196 Å². The molecule has 0 saturated carbocycles. The highest BCUT2D eigenvalue weighted by Gasteiger charge is 2.39. The first-order valence-corrected chi connectivity index (χ1v) is 19.9. The van der Waals surface area contributed by atoms with Crippen LogP contribution in [0.2, 0.25) is 5.02 Å². The molecule has 2 aromatic heterocycles. The van der Waals surface area contributed by atoms with Gasteiger partial charge in [0.2, 0.25) is 10.0 Å². The lowest BCUT2D eigenvalue weighted by Crippen LogP contribution is -2.39. The fraction of sp³-hybridized carbons (Fsp3) is 0.182. The smallest absolute Gasteiger partial charge is 0.211 e. The average molecular weight is 723 g/mol. The first kappa shape index (κ1) is 34.0. The number of nitrogens with zero attached hydrogens (tertiary/aromatic N) is 4. The van der Waals surface area contributed by atoms with E-state index in [0.29, 0.717) is 18.1 Å². The third-order valence-electron chi connectivity index (χ3n) is 10.6. The molecule has 1 aliphatic heterocycles. The zero-order valence-corrected chi connectivity index (χ0v) is 30.5. The zero-order valence-electron chi connectivity index (χ0n) is 28.9. The standard InChI is InChI=1S/C44H39ClN4O2S/c1-52(50,51)49-26-23-32(24-27-49)42-40-22-20-38(45)29-34(40)28-33(41-18-11-25-46-43(41)42)19-21-39-30-48(31-47-39)44(35-12-5-2-6-13-35,36-14-7-3-8-15-36)37-16-9-4-10-17-37/h2-22,25,28-32,42H,23-24,26-27H2,1H3/b21-19+.